The van der Waals surface area contributed by atoms with Gasteiger partial charge in [0.25, 0.3) is 5.91 Å². The van der Waals surface area contributed by atoms with Crippen LogP contribution in [0.25, 0.3) is 0 Å². The molecule has 0 bridgehead atoms. The summed E-state index contributed by atoms with van der Waals surface area (Å²) in [6.45, 7) is 0. The van der Waals surface area contributed by atoms with Gasteiger partial charge in [0.15, 0.2) is 0 Å². The van der Waals surface area contributed by atoms with E-state index in [0.717, 1.165) is 6.29 Å². The Kier molecular flexibility index (Phi) is 4.46. The van der Waals surface area contributed by atoms with Crippen LogP contribution in [0.2, 0.25) is 0 Å². The molecule has 0 unspecified atom stereocenters. The molecule has 0 radical (unpaired) electrons. The van der Waals surface area contributed by atoms with E-state index in [1.807, 2.05) is 0 Å². The van der Waals surface area contributed by atoms with Crippen molar-refractivity contribution in [3.8, 4) is 0 Å². The van der Waals surface area contributed by atoms with Gasteiger partial charge in [0, 0.05) is 29.5 Å². The Balaban J connectivity index is 2.15. The molecule has 0 fully saturated rings. The fraction of sp³-hybridized carbons (Fsp3) is 0.0625. The third-order valence-electron chi connectivity index (χ3n) is 2.98. The lowest BCUT2D eigenvalue weighted by atomic mass is 10.1. The van der Waals surface area contributed by atoms with Crippen LogP contribution in [0.1, 0.15) is 20.7 Å². The lowest BCUT2D eigenvalue weighted by Crippen LogP contribution is -2.16. The highest BCUT2D eigenvalue weighted by Gasteiger charge is 2.08. The minimum atomic E-state index is -0.282. The molecule has 2 aromatic rings. The molecule has 0 aromatic heterocycles. The molecule has 21 heavy (non-hydrogen) atoms. The molecule has 1 N–H and O–H groups in total. The molecule has 5 nitrogen and oxygen atoms in total. The topological polar surface area (TPSA) is 66.5 Å². The number of benzene rings is 2. The zero-order valence-electron chi connectivity index (χ0n) is 11.4. The molecular weight excluding hydrogens is 268 g/mol. The van der Waals surface area contributed by atoms with Crippen LogP contribution in [0.3, 0.4) is 0 Å². The van der Waals surface area contributed by atoms with E-state index < -0.39 is 0 Å². The second-order valence-electron chi connectivity index (χ2n) is 4.46. The first-order chi connectivity index (χ1) is 10.1. The van der Waals surface area contributed by atoms with Gasteiger partial charge in [0.1, 0.15) is 6.29 Å². The lowest BCUT2D eigenvalue weighted by molar-refractivity contribution is -0.107. The van der Waals surface area contributed by atoms with Crippen LogP contribution < -0.4 is 10.2 Å². The molecule has 0 saturated carbocycles. The molecular formula is C16H14N2O3. The van der Waals surface area contributed by atoms with Crippen LogP contribution in [-0.2, 0) is 4.79 Å². The van der Waals surface area contributed by atoms with E-state index in [4.69, 9.17) is 0 Å². The van der Waals surface area contributed by atoms with Crippen LogP contribution in [0.15, 0.2) is 48.5 Å². The SMILES string of the molecule is CN(C=O)c1cccc(C(=O)Nc2ccc(C=O)cc2)c1. The van der Waals surface area contributed by atoms with Gasteiger partial charge in [-0.25, -0.2) is 0 Å². The summed E-state index contributed by atoms with van der Waals surface area (Å²) in [5.74, 6) is -0.282. The summed E-state index contributed by atoms with van der Waals surface area (Å²) in [5.41, 5.74) is 2.22. The summed E-state index contributed by atoms with van der Waals surface area (Å²) in [7, 11) is 1.61. The summed E-state index contributed by atoms with van der Waals surface area (Å²) in [6.07, 6.45) is 1.42. The summed E-state index contributed by atoms with van der Waals surface area (Å²) in [6, 6.07) is 13.3. The largest absolute Gasteiger partial charge is 0.322 e. The monoisotopic (exact) mass is 282 g/mol. The van der Waals surface area contributed by atoms with E-state index in [2.05, 4.69) is 5.32 Å². The fourth-order valence-electron chi connectivity index (χ4n) is 1.78. The van der Waals surface area contributed by atoms with E-state index in [1.54, 1.807) is 55.6 Å². The molecule has 0 spiro atoms. The molecule has 0 aliphatic rings. The number of aldehydes is 1. The summed E-state index contributed by atoms with van der Waals surface area (Å²) in [4.78, 5) is 34.8. The van der Waals surface area contributed by atoms with Crippen LogP contribution in [-0.4, -0.2) is 25.7 Å². The lowest BCUT2D eigenvalue weighted by Gasteiger charge is -2.12. The van der Waals surface area contributed by atoms with Gasteiger partial charge in [-0.3, -0.25) is 14.4 Å². The predicted molar refractivity (Wildman–Crippen MR) is 80.7 cm³/mol. The molecule has 0 saturated heterocycles. The van der Waals surface area contributed by atoms with Crippen molar-refractivity contribution in [2.24, 2.45) is 0 Å². The number of carbonyl (C=O) groups excluding carboxylic acids is 3. The minimum Gasteiger partial charge on any atom is -0.322 e. The van der Waals surface area contributed by atoms with Gasteiger partial charge in [-0.05, 0) is 42.5 Å². The van der Waals surface area contributed by atoms with Gasteiger partial charge in [0.2, 0.25) is 6.41 Å². The number of amides is 2. The Morgan fingerprint density at radius 3 is 2.43 bits per heavy atom. The third-order valence-corrected chi connectivity index (χ3v) is 2.98. The Hall–Kier alpha value is -2.95. The van der Waals surface area contributed by atoms with Crippen LogP contribution in [0, 0.1) is 0 Å². The molecule has 0 aliphatic carbocycles. The van der Waals surface area contributed by atoms with Gasteiger partial charge >= 0.3 is 0 Å². The molecule has 0 aliphatic heterocycles. The summed E-state index contributed by atoms with van der Waals surface area (Å²) in [5, 5.41) is 2.73. The minimum absolute atomic E-state index is 0.282. The Labute approximate surface area is 122 Å². The van der Waals surface area contributed by atoms with E-state index in [0.29, 0.717) is 28.9 Å². The maximum atomic E-state index is 12.1. The maximum Gasteiger partial charge on any atom is 0.255 e. The van der Waals surface area contributed by atoms with Crippen LogP contribution in [0.4, 0.5) is 11.4 Å². The normalized spacial score (nSPS) is 9.76. The van der Waals surface area contributed by atoms with Crippen molar-refractivity contribution in [3.05, 3.63) is 59.7 Å². The standard InChI is InChI=1S/C16H14N2O3/c1-18(11-20)15-4-2-3-13(9-15)16(21)17-14-7-5-12(10-19)6-8-14/h2-11H,1H3,(H,17,21). The number of nitrogens with zero attached hydrogens (tertiary/aromatic N) is 1. The number of anilines is 2. The van der Waals surface area contributed by atoms with E-state index >= 15 is 0 Å². The molecule has 106 valence electrons. The van der Waals surface area contributed by atoms with Crippen molar-refractivity contribution in [2.75, 3.05) is 17.3 Å². The van der Waals surface area contributed by atoms with Crippen molar-refractivity contribution < 1.29 is 14.4 Å². The van der Waals surface area contributed by atoms with Crippen LogP contribution >= 0.6 is 0 Å². The number of carbonyl (C=O) groups is 3. The second-order valence-corrected chi connectivity index (χ2v) is 4.46. The average Bonchev–Trinajstić information content (AvgIpc) is 2.55. The number of rotatable bonds is 5. The van der Waals surface area contributed by atoms with Crippen molar-refractivity contribution in [1.29, 1.82) is 0 Å². The highest BCUT2D eigenvalue weighted by molar-refractivity contribution is 6.05. The van der Waals surface area contributed by atoms with Crippen LogP contribution in [0.5, 0.6) is 0 Å². The first-order valence-corrected chi connectivity index (χ1v) is 6.29. The first-order valence-electron chi connectivity index (χ1n) is 6.29. The van der Waals surface area contributed by atoms with Gasteiger partial charge in [-0.2, -0.15) is 0 Å². The number of nitrogens with one attached hydrogen (secondary N) is 1. The zero-order chi connectivity index (χ0) is 15.2. The van der Waals surface area contributed by atoms with Gasteiger partial charge in [-0.15, -0.1) is 0 Å². The molecule has 2 aromatic carbocycles. The molecule has 2 amide bonds. The Bertz CT molecular complexity index is 665. The smallest absolute Gasteiger partial charge is 0.255 e. The van der Waals surface area contributed by atoms with Crippen molar-refractivity contribution >= 4 is 30.0 Å². The molecule has 0 heterocycles. The molecule has 5 heteroatoms. The fourth-order valence-corrected chi connectivity index (χ4v) is 1.78. The molecule has 0 atom stereocenters. The summed E-state index contributed by atoms with van der Waals surface area (Å²) < 4.78 is 0. The van der Waals surface area contributed by atoms with E-state index in [9.17, 15) is 14.4 Å². The first kappa shape index (κ1) is 14.5. The molecule has 2 rings (SSSR count). The second kappa shape index (κ2) is 6.47. The van der Waals surface area contributed by atoms with Gasteiger partial charge < -0.3 is 10.2 Å². The van der Waals surface area contributed by atoms with Crippen molar-refractivity contribution in [1.82, 2.24) is 0 Å². The highest BCUT2D eigenvalue weighted by Crippen LogP contribution is 2.16. The Morgan fingerprint density at radius 1 is 1.10 bits per heavy atom. The summed E-state index contributed by atoms with van der Waals surface area (Å²) >= 11 is 0. The van der Waals surface area contributed by atoms with E-state index in [-0.39, 0.29) is 5.91 Å². The zero-order valence-corrected chi connectivity index (χ0v) is 11.4. The van der Waals surface area contributed by atoms with Crippen molar-refractivity contribution in [3.63, 3.8) is 0 Å². The van der Waals surface area contributed by atoms with Crippen molar-refractivity contribution in [2.45, 2.75) is 0 Å². The average molecular weight is 282 g/mol. The predicted octanol–water partition coefficient (Wildman–Crippen LogP) is 2.34. The Morgan fingerprint density at radius 2 is 1.81 bits per heavy atom. The quantitative estimate of drug-likeness (QED) is 0.856. The van der Waals surface area contributed by atoms with E-state index in [1.165, 1.54) is 4.90 Å². The van der Waals surface area contributed by atoms with Gasteiger partial charge in [-0.1, -0.05) is 6.07 Å². The highest BCUT2D eigenvalue weighted by atomic mass is 16.1. The third kappa shape index (κ3) is 3.54. The maximum absolute atomic E-state index is 12.1. The number of hydrogen-bond acceptors (Lipinski definition) is 3. The van der Waals surface area contributed by atoms with Gasteiger partial charge in [0.05, 0.1) is 0 Å². The number of hydrogen-bond donors (Lipinski definition) is 1.